The van der Waals surface area contributed by atoms with Gasteiger partial charge in [0.2, 0.25) is 5.78 Å². The molecule has 2 aromatic carbocycles. The predicted octanol–water partition coefficient (Wildman–Crippen LogP) is 3.85. The fraction of sp³-hybridized carbons (Fsp3) is 0.240. The summed E-state index contributed by atoms with van der Waals surface area (Å²) in [6.45, 7) is 2.91. The van der Waals surface area contributed by atoms with Crippen molar-refractivity contribution in [1.82, 2.24) is 4.57 Å². The Morgan fingerprint density at radius 3 is 2.06 bits per heavy atom. The molecule has 3 aromatic rings. The fourth-order valence-electron chi connectivity index (χ4n) is 3.78. The SMILES string of the molecule is COC(=O)c1ccc(-n2c(C)cc(C(=O)COC(=O)c3cc(OC)c(OC)cc3[N+](=O)[O-])c2C)cc1. The van der Waals surface area contributed by atoms with Gasteiger partial charge < -0.3 is 23.5 Å². The van der Waals surface area contributed by atoms with Gasteiger partial charge >= 0.3 is 11.9 Å². The molecule has 0 amide bonds. The molecule has 0 radical (unpaired) electrons. The van der Waals surface area contributed by atoms with E-state index < -0.39 is 34.9 Å². The number of nitrogens with zero attached hydrogens (tertiary/aromatic N) is 2. The number of nitro benzene ring substituents is 1. The van der Waals surface area contributed by atoms with Crippen LogP contribution in [0.4, 0.5) is 5.69 Å². The molecule has 11 nitrogen and oxygen atoms in total. The first-order valence-corrected chi connectivity index (χ1v) is 10.6. The van der Waals surface area contributed by atoms with Gasteiger partial charge in [-0.05, 0) is 44.2 Å². The first-order valence-electron chi connectivity index (χ1n) is 10.6. The smallest absolute Gasteiger partial charge is 0.345 e. The average molecular weight is 496 g/mol. The lowest BCUT2D eigenvalue weighted by Crippen LogP contribution is -2.16. The van der Waals surface area contributed by atoms with Crippen LogP contribution in [-0.4, -0.2) is 55.1 Å². The van der Waals surface area contributed by atoms with E-state index in [1.54, 1.807) is 44.2 Å². The van der Waals surface area contributed by atoms with E-state index in [0.717, 1.165) is 23.5 Å². The van der Waals surface area contributed by atoms with Crippen LogP contribution < -0.4 is 9.47 Å². The Kier molecular flexibility index (Phi) is 7.73. The molecule has 11 heteroatoms. The quantitative estimate of drug-likeness (QED) is 0.187. The van der Waals surface area contributed by atoms with Crippen LogP contribution in [0.2, 0.25) is 0 Å². The second-order valence-electron chi connectivity index (χ2n) is 7.64. The fourth-order valence-corrected chi connectivity index (χ4v) is 3.78. The second kappa shape index (κ2) is 10.7. The Morgan fingerprint density at radius 2 is 1.50 bits per heavy atom. The van der Waals surface area contributed by atoms with Gasteiger partial charge in [-0.15, -0.1) is 0 Å². The minimum Gasteiger partial charge on any atom is -0.493 e. The summed E-state index contributed by atoms with van der Waals surface area (Å²) in [6, 6.07) is 10.5. The molecular weight excluding hydrogens is 472 g/mol. The number of ether oxygens (including phenoxy) is 4. The monoisotopic (exact) mass is 496 g/mol. The molecule has 36 heavy (non-hydrogen) atoms. The number of methoxy groups -OCH3 is 3. The van der Waals surface area contributed by atoms with Gasteiger partial charge in [-0.1, -0.05) is 0 Å². The van der Waals surface area contributed by atoms with Crippen LogP contribution >= 0.6 is 0 Å². The summed E-state index contributed by atoms with van der Waals surface area (Å²) in [7, 11) is 3.92. The highest BCUT2D eigenvalue weighted by Gasteiger charge is 2.27. The van der Waals surface area contributed by atoms with Crippen molar-refractivity contribution < 1.29 is 38.3 Å². The molecule has 0 aliphatic heterocycles. The van der Waals surface area contributed by atoms with Gasteiger partial charge in [-0.3, -0.25) is 14.9 Å². The lowest BCUT2D eigenvalue weighted by Gasteiger charge is -2.11. The van der Waals surface area contributed by atoms with E-state index in [-0.39, 0.29) is 17.1 Å². The maximum Gasteiger partial charge on any atom is 0.345 e. The van der Waals surface area contributed by atoms with Crippen LogP contribution in [0.25, 0.3) is 5.69 Å². The normalized spacial score (nSPS) is 10.5. The summed E-state index contributed by atoms with van der Waals surface area (Å²) in [5.41, 5.74) is 1.84. The van der Waals surface area contributed by atoms with Crippen LogP contribution in [0.1, 0.15) is 42.5 Å². The zero-order valence-corrected chi connectivity index (χ0v) is 20.3. The number of ketones is 1. The topological polar surface area (TPSA) is 136 Å². The van der Waals surface area contributed by atoms with Gasteiger partial charge in [0.05, 0.1) is 37.9 Å². The lowest BCUT2D eigenvalue weighted by atomic mass is 10.1. The van der Waals surface area contributed by atoms with Crippen LogP contribution in [0.15, 0.2) is 42.5 Å². The van der Waals surface area contributed by atoms with Crippen molar-refractivity contribution in [2.45, 2.75) is 13.8 Å². The number of carbonyl (C=O) groups is 3. The highest BCUT2D eigenvalue weighted by atomic mass is 16.6. The Bertz CT molecular complexity index is 1340. The molecule has 0 bridgehead atoms. The van der Waals surface area contributed by atoms with Crippen molar-refractivity contribution >= 4 is 23.4 Å². The lowest BCUT2D eigenvalue weighted by molar-refractivity contribution is -0.385. The molecule has 3 rings (SSSR count). The molecule has 0 saturated carbocycles. The van der Waals surface area contributed by atoms with Crippen molar-refractivity contribution in [1.29, 1.82) is 0 Å². The van der Waals surface area contributed by atoms with Crippen molar-refractivity contribution in [3.8, 4) is 17.2 Å². The van der Waals surface area contributed by atoms with Gasteiger partial charge in [0.25, 0.3) is 5.69 Å². The van der Waals surface area contributed by atoms with Crippen LogP contribution in [0.3, 0.4) is 0 Å². The predicted molar refractivity (Wildman–Crippen MR) is 127 cm³/mol. The zero-order valence-electron chi connectivity index (χ0n) is 20.3. The van der Waals surface area contributed by atoms with E-state index >= 15 is 0 Å². The van der Waals surface area contributed by atoms with E-state index in [1.807, 2.05) is 4.57 Å². The van der Waals surface area contributed by atoms with E-state index in [2.05, 4.69) is 0 Å². The van der Waals surface area contributed by atoms with E-state index in [0.29, 0.717) is 16.8 Å². The number of hydrogen-bond donors (Lipinski definition) is 0. The summed E-state index contributed by atoms with van der Waals surface area (Å²) >= 11 is 0. The third-order valence-corrected chi connectivity index (χ3v) is 5.53. The largest absolute Gasteiger partial charge is 0.493 e. The summed E-state index contributed by atoms with van der Waals surface area (Å²) in [5, 5.41) is 11.5. The zero-order chi connectivity index (χ0) is 26.6. The molecule has 0 fully saturated rings. The molecule has 0 atom stereocenters. The van der Waals surface area contributed by atoms with Crippen LogP contribution in [0.5, 0.6) is 11.5 Å². The first-order chi connectivity index (χ1) is 17.1. The van der Waals surface area contributed by atoms with Crippen LogP contribution in [-0.2, 0) is 9.47 Å². The molecule has 1 aromatic heterocycles. The number of aromatic nitrogens is 1. The Morgan fingerprint density at radius 1 is 0.889 bits per heavy atom. The number of Topliss-reactive ketones (excluding diaryl/α,β-unsaturated/α-hetero) is 1. The number of esters is 2. The first kappa shape index (κ1) is 25.9. The maximum absolute atomic E-state index is 12.9. The number of nitro groups is 1. The Balaban J connectivity index is 1.82. The Hall–Kier alpha value is -4.67. The summed E-state index contributed by atoms with van der Waals surface area (Å²) in [5.74, 6) is -1.83. The Labute approximate surface area is 206 Å². The van der Waals surface area contributed by atoms with Crippen molar-refractivity contribution in [2.24, 2.45) is 0 Å². The third kappa shape index (κ3) is 5.04. The van der Waals surface area contributed by atoms with E-state index in [9.17, 15) is 24.5 Å². The highest BCUT2D eigenvalue weighted by molar-refractivity contribution is 6.01. The summed E-state index contributed by atoms with van der Waals surface area (Å²) in [4.78, 5) is 47.9. The molecular formula is C25H24N2O9. The molecule has 0 spiro atoms. The highest BCUT2D eigenvalue weighted by Crippen LogP contribution is 2.35. The van der Waals surface area contributed by atoms with Gasteiger partial charge in [-0.2, -0.15) is 0 Å². The number of benzene rings is 2. The van der Waals surface area contributed by atoms with Gasteiger partial charge in [0, 0.05) is 28.7 Å². The third-order valence-electron chi connectivity index (χ3n) is 5.53. The standard InChI is InChI=1S/C25H24N2O9/c1-14-10-18(15(2)26(14)17-8-6-16(7-9-17)24(29)35-5)21(28)13-36-25(30)19-11-22(33-3)23(34-4)12-20(19)27(31)32/h6-12H,13H2,1-5H3. The summed E-state index contributed by atoms with van der Waals surface area (Å²) < 4.78 is 21.8. The van der Waals surface area contributed by atoms with Gasteiger partial charge in [0.1, 0.15) is 5.56 Å². The average Bonchev–Trinajstić information content (AvgIpc) is 3.19. The number of carbonyl (C=O) groups excluding carboxylic acids is 3. The number of rotatable bonds is 9. The maximum atomic E-state index is 12.9. The van der Waals surface area contributed by atoms with Gasteiger partial charge in [0.15, 0.2) is 18.1 Å². The summed E-state index contributed by atoms with van der Waals surface area (Å²) in [6.07, 6.45) is 0. The van der Waals surface area contributed by atoms with Crippen molar-refractivity contribution in [3.63, 3.8) is 0 Å². The minimum absolute atomic E-state index is 0.0730. The van der Waals surface area contributed by atoms with E-state index in [4.69, 9.17) is 18.9 Å². The minimum atomic E-state index is -1.05. The molecule has 0 saturated heterocycles. The van der Waals surface area contributed by atoms with Crippen LogP contribution in [0, 0.1) is 24.0 Å². The number of hydrogen-bond acceptors (Lipinski definition) is 9. The van der Waals surface area contributed by atoms with Gasteiger partial charge in [-0.25, -0.2) is 9.59 Å². The molecule has 188 valence electrons. The number of aryl methyl sites for hydroxylation is 1. The second-order valence-corrected chi connectivity index (χ2v) is 7.64. The molecule has 0 unspecified atom stereocenters. The van der Waals surface area contributed by atoms with Crippen molar-refractivity contribution in [2.75, 3.05) is 27.9 Å². The molecule has 0 aliphatic rings. The molecule has 1 heterocycles. The van der Waals surface area contributed by atoms with E-state index in [1.165, 1.54) is 21.3 Å². The van der Waals surface area contributed by atoms with Crippen molar-refractivity contribution in [3.05, 3.63) is 80.7 Å². The molecule has 0 N–H and O–H groups in total. The molecule has 0 aliphatic carbocycles.